The molecule has 0 bridgehead atoms. The van der Waals surface area contributed by atoms with Crippen molar-refractivity contribution in [2.45, 2.75) is 13.0 Å². The number of hydrogen-bond donors (Lipinski definition) is 4. The lowest BCUT2D eigenvalue weighted by atomic mass is 9.94. The van der Waals surface area contributed by atoms with Crippen LogP contribution in [-0.2, 0) is 14.3 Å². The van der Waals surface area contributed by atoms with Crippen LogP contribution < -0.4 is 26.4 Å². The standard InChI is InChI=1S/C22H21BrN4O6/c1-11-18(20(29)26-15-6-4-3-5-13(15)21(30)32-2)19(27-22(31)25-11)14-9-12(23)7-8-16(14)33-10-17(24)28/h3-9,19H,10H2,1-2H3,(H2,24,28)(H,26,29)(H2,25,27,31). The highest BCUT2D eigenvalue weighted by atomic mass is 79.9. The summed E-state index contributed by atoms with van der Waals surface area (Å²) in [6.45, 7) is 1.19. The summed E-state index contributed by atoms with van der Waals surface area (Å²) in [5.41, 5.74) is 6.50. The summed E-state index contributed by atoms with van der Waals surface area (Å²) < 4.78 is 10.9. The molecule has 1 heterocycles. The fourth-order valence-corrected chi connectivity index (χ4v) is 3.70. The van der Waals surface area contributed by atoms with Gasteiger partial charge in [0.25, 0.3) is 11.8 Å². The van der Waals surface area contributed by atoms with E-state index in [0.29, 0.717) is 15.7 Å². The van der Waals surface area contributed by atoms with Crippen molar-refractivity contribution in [1.29, 1.82) is 0 Å². The SMILES string of the molecule is COC(=O)c1ccccc1NC(=O)C1=C(C)NC(=O)NC1c1cc(Br)ccc1OCC(N)=O. The number of allylic oxidation sites excluding steroid dienone is 1. The number of methoxy groups -OCH3 is 1. The lowest BCUT2D eigenvalue weighted by Gasteiger charge is -2.30. The Labute approximate surface area is 197 Å². The number of esters is 1. The third-order valence-electron chi connectivity index (χ3n) is 4.75. The quantitative estimate of drug-likeness (QED) is 0.415. The Bertz CT molecular complexity index is 1160. The van der Waals surface area contributed by atoms with Gasteiger partial charge in [-0.2, -0.15) is 0 Å². The van der Waals surface area contributed by atoms with Crippen LogP contribution in [0.1, 0.15) is 28.9 Å². The molecule has 0 spiro atoms. The van der Waals surface area contributed by atoms with Crippen molar-refractivity contribution in [3.8, 4) is 5.75 Å². The molecule has 0 aliphatic carbocycles. The summed E-state index contributed by atoms with van der Waals surface area (Å²) >= 11 is 3.37. The Morgan fingerprint density at radius 1 is 1.18 bits per heavy atom. The maximum Gasteiger partial charge on any atom is 0.339 e. The number of halogens is 1. The third kappa shape index (κ3) is 5.50. The number of benzene rings is 2. The third-order valence-corrected chi connectivity index (χ3v) is 5.24. The maximum absolute atomic E-state index is 13.4. The van der Waals surface area contributed by atoms with Gasteiger partial charge in [0.15, 0.2) is 6.61 Å². The zero-order chi connectivity index (χ0) is 24.1. The molecule has 33 heavy (non-hydrogen) atoms. The van der Waals surface area contributed by atoms with Gasteiger partial charge in [-0.3, -0.25) is 9.59 Å². The number of hydrogen-bond acceptors (Lipinski definition) is 6. The monoisotopic (exact) mass is 516 g/mol. The van der Waals surface area contributed by atoms with E-state index in [9.17, 15) is 19.2 Å². The molecular formula is C22H21BrN4O6. The minimum atomic E-state index is -0.926. The Morgan fingerprint density at radius 2 is 1.91 bits per heavy atom. The van der Waals surface area contributed by atoms with Gasteiger partial charge in [0.05, 0.1) is 30.0 Å². The summed E-state index contributed by atoms with van der Waals surface area (Å²) in [4.78, 5) is 48.9. The van der Waals surface area contributed by atoms with Crippen molar-refractivity contribution in [3.05, 3.63) is 69.3 Å². The molecule has 0 fully saturated rings. The minimum absolute atomic E-state index is 0.170. The van der Waals surface area contributed by atoms with Crippen LogP contribution in [0.25, 0.3) is 0 Å². The molecule has 1 aliphatic heterocycles. The molecule has 1 aliphatic rings. The van der Waals surface area contributed by atoms with Crippen molar-refractivity contribution in [3.63, 3.8) is 0 Å². The Kier molecular flexibility index (Phi) is 7.34. The van der Waals surface area contributed by atoms with Crippen LogP contribution in [0.4, 0.5) is 10.5 Å². The van der Waals surface area contributed by atoms with E-state index >= 15 is 0 Å². The Morgan fingerprint density at radius 3 is 2.61 bits per heavy atom. The van der Waals surface area contributed by atoms with Crippen LogP contribution >= 0.6 is 15.9 Å². The van der Waals surface area contributed by atoms with Gasteiger partial charge in [-0.1, -0.05) is 28.1 Å². The average Bonchev–Trinajstić information content (AvgIpc) is 2.77. The molecule has 10 nitrogen and oxygen atoms in total. The highest BCUT2D eigenvalue weighted by molar-refractivity contribution is 9.10. The first-order valence-corrected chi connectivity index (χ1v) is 10.5. The normalized spacial score (nSPS) is 15.2. The maximum atomic E-state index is 13.4. The van der Waals surface area contributed by atoms with Crippen molar-refractivity contribution >= 4 is 45.4 Å². The molecule has 11 heteroatoms. The van der Waals surface area contributed by atoms with Crippen molar-refractivity contribution < 1.29 is 28.7 Å². The summed E-state index contributed by atoms with van der Waals surface area (Å²) in [6.07, 6.45) is 0. The fraction of sp³-hybridized carbons (Fsp3) is 0.182. The average molecular weight is 517 g/mol. The fourth-order valence-electron chi connectivity index (χ4n) is 3.32. The highest BCUT2D eigenvalue weighted by Gasteiger charge is 2.33. The van der Waals surface area contributed by atoms with Gasteiger partial charge >= 0.3 is 12.0 Å². The zero-order valence-electron chi connectivity index (χ0n) is 17.7. The Balaban J connectivity index is 2.03. The van der Waals surface area contributed by atoms with Gasteiger partial charge in [0.1, 0.15) is 5.75 Å². The van der Waals surface area contributed by atoms with Crippen LogP contribution in [0.2, 0.25) is 0 Å². The molecule has 2 aromatic carbocycles. The molecule has 1 atom stereocenters. The van der Waals surface area contributed by atoms with Crippen LogP contribution in [0.3, 0.4) is 0 Å². The summed E-state index contributed by atoms with van der Waals surface area (Å²) in [5, 5.41) is 7.99. The second-order valence-electron chi connectivity index (χ2n) is 7.00. The smallest absolute Gasteiger partial charge is 0.339 e. The van der Waals surface area contributed by atoms with E-state index in [4.69, 9.17) is 15.2 Å². The molecule has 2 aromatic rings. The minimum Gasteiger partial charge on any atom is -0.483 e. The van der Waals surface area contributed by atoms with Crippen LogP contribution in [0.5, 0.6) is 5.75 Å². The van der Waals surface area contributed by atoms with E-state index in [1.165, 1.54) is 13.2 Å². The highest BCUT2D eigenvalue weighted by Crippen LogP contribution is 2.35. The molecular weight excluding hydrogens is 496 g/mol. The number of anilines is 1. The summed E-state index contributed by atoms with van der Waals surface area (Å²) in [5.74, 6) is -1.60. The van der Waals surface area contributed by atoms with E-state index < -0.39 is 29.9 Å². The molecule has 0 radical (unpaired) electrons. The zero-order valence-corrected chi connectivity index (χ0v) is 19.3. The first kappa shape index (κ1) is 23.8. The number of nitrogens with one attached hydrogen (secondary N) is 3. The first-order valence-electron chi connectivity index (χ1n) is 9.68. The number of amides is 4. The lowest BCUT2D eigenvalue weighted by Crippen LogP contribution is -2.46. The van der Waals surface area contributed by atoms with Crippen LogP contribution in [-0.4, -0.2) is 37.5 Å². The van der Waals surface area contributed by atoms with E-state index in [1.807, 2.05) is 0 Å². The summed E-state index contributed by atoms with van der Waals surface area (Å²) in [7, 11) is 1.24. The van der Waals surface area contributed by atoms with Crippen LogP contribution in [0.15, 0.2) is 58.2 Å². The van der Waals surface area contributed by atoms with Crippen LogP contribution in [0, 0.1) is 0 Å². The molecule has 0 saturated heterocycles. The number of para-hydroxylation sites is 1. The van der Waals surface area contributed by atoms with Crippen molar-refractivity contribution in [2.24, 2.45) is 5.73 Å². The molecule has 0 saturated carbocycles. The van der Waals surface area contributed by atoms with Crippen molar-refractivity contribution in [1.82, 2.24) is 10.6 Å². The predicted molar refractivity (Wildman–Crippen MR) is 122 cm³/mol. The van der Waals surface area contributed by atoms with Gasteiger partial charge in [0.2, 0.25) is 0 Å². The predicted octanol–water partition coefficient (Wildman–Crippen LogP) is 2.37. The first-order chi connectivity index (χ1) is 15.7. The number of urea groups is 1. The largest absolute Gasteiger partial charge is 0.483 e. The number of nitrogens with two attached hydrogens (primary N) is 1. The molecule has 5 N–H and O–H groups in total. The van der Waals surface area contributed by atoms with Gasteiger partial charge in [-0.25, -0.2) is 9.59 Å². The van der Waals surface area contributed by atoms with Gasteiger partial charge in [-0.05, 0) is 37.3 Å². The van der Waals surface area contributed by atoms with Gasteiger partial charge in [-0.15, -0.1) is 0 Å². The topological polar surface area (TPSA) is 149 Å². The molecule has 3 rings (SSSR count). The van der Waals surface area contributed by atoms with Crippen molar-refractivity contribution in [2.75, 3.05) is 19.0 Å². The number of ether oxygens (including phenoxy) is 2. The number of carbonyl (C=O) groups excluding carboxylic acids is 4. The molecule has 1 unspecified atom stereocenters. The second-order valence-corrected chi connectivity index (χ2v) is 7.91. The molecule has 172 valence electrons. The summed E-state index contributed by atoms with van der Waals surface area (Å²) in [6, 6.07) is 9.87. The number of rotatable bonds is 7. The Hall–Kier alpha value is -3.86. The van der Waals surface area contributed by atoms with E-state index in [1.54, 1.807) is 43.3 Å². The lowest BCUT2D eigenvalue weighted by molar-refractivity contribution is -0.120. The second kappa shape index (κ2) is 10.2. The van der Waals surface area contributed by atoms with E-state index in [-0.39, 0.29) is 29.2 Å². The van der Waals surface area contributed by atoms with Gasteiger partial charge in [0, 0.05) is 15.7 Å². The van der Waals surface area contributed by atoms with E-state index in [2.05, 4.69) is 31.9 Å². The molecule has 4 amide bonds. The van der Waals surface area contributed by atoms with Gasteiger partial charge < -0.3 is 31.2 Å². The number of carbonyl (C=O) groups is 4. The molecule has 0 aromatic heterocycles. The number of primary amides is 1. The van der Waals surface area contributed by atoms with E-state index in [0.717, 1.165) is 0 Å².